The van der Waals surface area contributed by atoms with Crippen molar-refractivity contribution in [2.75, 3.05) is 0 Å². The van der Waals surface area contributed by atoms with Gasteiger partial charge >= 0.3 is 40.4 Å². The van der Waals surface area contributed by atoms with Gasteiger partial charge in [-0.2, -0.15) is 30.4 Å². The maximum absolute atomic E-state index is 11.9. The van der Waals surface area contributed by atoms with E-state index in [-0.39, 0.29) is 18.9 Å². The maximum atomic E-state index is 11.9. The van der Waals surface area contributed by atoms with Gasteiger partial charge in [0.25, 0.3) is 6.17 Å². The van der Waals surface area contributed by atoms with Crippen LogP contribution in [-0.2, 0) is 10.1 Å². The molecule has 1 atom stereocenters. The van der Waals surface area contributed by atoms with Gasteiger partial charge in [0.1, 0.15) is 0 Å². The Hall–Kier alpha value is 0.0874. The summed E-state index contributed by atoms with van der Waals surface area (Å²) in [5, 5.41) is -5.88. The SMILES string of the molecule is O=S(=O)(O)C(F)(F)C(F)C(F)(F)F.[LiH]. The molecule has 1 N–H and O–H groups in total. The predicted molar refractivity (Wildman–Crippen MR) is 34.6 cm³/mol. The number of alkyl halides is 6. The summed E-state index contributed by atoms with van der Waals surface area (Å²) in [5.74, 6) is 0. The zero-order valence-electron chi connectivity index (χ0n) is 5.52. The summed E-state index contributed by atoms with van der Waals surface area (Å²) in [6.07, 6.45) is -11.0. The predicted octanol–water partition coefficient (Wildman–Crippen LogP) is 0.719. The molecule has 11 heteroatoms. The summed E-state index contributed by atoms with van der Waals surface area (Å²) in [4.78, 5) is 0. The minimum atomic E-state index is -6.41. The van der Waals surface area contributed by atoms with Crippen molar-refractivity contribution >= 4 is 29.0 Å². The molecule has 0 saturated heterocycles. The first kappa shape index (κ1) is 16.5. The zero-order chi connectivity index (χ0) is 11.1. The molecule has 0 aromatic carbocycles. The molecule has 0 radical (unpaired) electrons. The van der Waals surface area contributed by atoms with E-state index in [1.807, 2.05) is 0 Å². The van der Waals surface area contributed by atoms with Crippen molar-refractivity contribution < 1.29 is 39.3 Å². The zero-order valence-corrected chi connectivity index (χ0v) is 6.33. The average Bonchev–Trinajstić information content (AvgIpc) is 1.81. The van der Waals surface area contributed by atoms with Gasteiger partial charge in [0.2, 0.25) is 0 Å². The van der Waals surface area contributed by atoms with Gasteiger partial charge in [-0.3, -0.25) is 4.55 Å². The van der Waals surface area contributed by atoms with Gasteiger partial charge in [0.05, 0.1) is 0 Å². The summed E-state index contributed by atoms with van der Waals surface area (Å²) < 4.78 is 96.1. The molecule has 0 fully saturated rings. The molecule has 1 unspecified atom stereocenters. The molecular formula is C3H3F6LiO3S. The second-order valence-corrected chi connectivity index (χ2v) is 3.44. The molecular weight excluding hydrogens is 237 g/mol. The number of halogens is 6. The molecule has 0 amide bonds. The molecule has 0 aromatic rings. The monoisotopic (exact) mass is 240 g/mol. The Bertz CT molecular complexity index is 283. The molecule has 0 saturated carbocycles. The molecule has 0 aromatic heterocycles. The Labute approximate surface area is 86.4 Å². The van der Waals surface area contributed by atoms with E-state index in [2.05, 4.69) is 0 Å². The fraction of sp³-hybridized carbons (Fsp3) is 1.00. The van der Waals surface area contributed by atoms with Crippen LogP contribution in [-0.4, -0.2) is 49.4 Å². The Morgan fingerprint density at radius 3 is 1.43 bits per heavy atom. The van der Waals surface area contributed by atoms with E-state index in [1.54, 1.807) is 0 Å². The summed E-state index contributed by atoms with van der Waals surface area (Å²) in [5.41, 5.74) is 0. The van der Waals surface area contributed by atoms with Crippen LogP contribution in [0.1, 0.15) is 0 Å². The molecule has 0 heterocycles. The van der Waals surface area contributed by atoms with E-state index in [0.29, 0.717) is 0 Å². The standard InChI is InChI=1S/C3H2F6O3S.Li.H/c4-1(2(5,6)7)3(8,9)13(10,11)12;;/h1H,(H,10,11,12);;. The molecule has 0 spiro atoms. The first-order valence-corrected chi connectivity index (χ1v) is 3.90. The Morgan fingerprint density at radius 1 is 1.07 bits per heavy atom. The van der Waals surface area contributed by atoms with Crippen LogP contribution in [0.4, 0.5) is 26.3 Å². The summed E-state index contributed by atoms with van der Waals surface area (Å²) in [6.45, 7) is 0. The topological polar surface area (TPSA) is 54.4 Å². The van der Waals surface area contributed by atoms with Gasteiger partial charge in [-0.05, 0) is 0 Å². The minimum absolute atomic E-state index is 0. The Balaban J connectivity index is 0. The quantitative estimate of drug-likeness (QED) is 0.439. The fourth-order valence-corrected chi connectivity index (χ4v) is 0.716. The van der Waals surface area contributed by atoms with Gasteiger partial charge < -0.3 is 0 Å². The van der Waals surface area contributed by atoms with Crippen molar-refractivity contribution in [2.24, 2.45) is 0 Å². The molecule has 3 nitrogen and oxygen atoms in total. The second kappa shape index (κ2) is 4.30. The third kappa shape index (κ3) is 3.34. The third-order valence-corrected chi connectivity index (χ3v) is 1.82. The number of hydrogen-bond donors (Lipinski definition) is 1. The second-order valence-electron chi connectivity index (χ2n) is 1.94. The van der Waals surface area contributed by atoms with Crippen LogP contribution in [0.3, 0.4) is 0 Å². The molecule has 0 aliphatic carbocycles. The van der Waals surface area contributed by atoms with E-state index in [1.165, 1.54) is 0 Å². The van der Waals surface area contributed by atoms with Crippen LogP contribution in [0, 0.1) is 0 Å². The molecule has 14 heavy (non-hydrogen) atoms. The van der Waals surface area contributed by atoms with Crippen molar-refractivity contribution in [1.82, 2.24) is 0 Å². The van der Waals surface area contributed by atoms with Crippen molar-refractivity contribution in [2.45, 2.75) is 17.6 Å². The molecule has 0 aliphatic heterocycles. The van der Waals surface area contributed by atoms with E-state index < -0.39 is 27.7 Å². The fourth-order valence-electron chi connectivity index (χ4n) is 0.321. The van der Waals surface area contributed by atoms with Crippen molar-refractivity contribution in [3.8, 4) is 0 Å². The van der Waals surface area contributed by atoms with Gasteiger partial charge in [-0.1, -0.05) is 0 Å². The number of rotatable bonds is 2. The first-order chi connectivity index (χ1) is 5.40. The van der Waals surface area contributed by atoms with E-state index >= 15 is 0 Å². The first-order valence-electron chi connectivity index (χ1n) is 2.46. The number of hydrogen-bond acceptors (Lipinski definition) is 2. The van der Waals surface area contributed by atoms with Crippen LogP contribution < -0.4 is 0 Å². The summed E-state index contributed by atoms with van der Waals surface area (Å²) in [6, 6.07) is 0. The van der Waals surface area contributed by atoms with E-state index in [9.17, 15) is 34.8 Å². The van der Waals surface area contributed by atoms with Crippen LogP contribution in [0.25, 0.3) is 0 Å². The summed E-state index contributed by atoms with van der Waals surface area (Å²) in [7, 11) is -6.41. The van der Waals surface area contributed by atoms with Crippen LogP contribution in [0.2, 0.25) is 0 Å². The molecule has 0 rings (SSSR count). The van der Waals surface area contributed by atoms with Crippen LogP contribution in [0.15, 0.2) is 0 Å². The molecule has 82 valence electrons. The van der Waals surface area contributed by atoms with Crippen LogP contribution in [0.5, 0.6) is 0 Å². The Kier molecular flexibility index (Phi) is 5.07. The molecule has 0 bridgehead atoms. The van der Waals surface area contributed by atoms with Crippen LogP contribution >= 0.6 is 0 Å². The van der Waals surface area contributed by atoms with Gasteiger partial charge in [0.15, 0.2) is 0 Å². The summed E-state index contributed by atoms with van der Waals surface area (Å²) >= 11 is 0. The average molecular weight is 240 g/mol. The normalized spacial score (nSPS) is 15.9. The van der Waals surface area contributed by atoms with Gasteiger partial charge in [-0.15, -0.1) is 0 Å². The van der Waals surface area contributed by atoms with Gasteiger partial charge in [-0.25, -0.2) is 4.39 Å². The third-order valence-electron chi connectivity index (χ3n) is 0.926. The van der Waals surface area contributed by atoms with E-state index in [0.717, 1.165) is 0 Å². The van der Waals surface area contributed by atoms with Crippen molar-refractivity contribution in [3.05, 3.63) is 0 Å². The van der Waals surface area contributed by atoms with Crippen molar-refractivity contribution in [3.63, 3.8) is 0 Å². The van der Waals surface area contributed by atoms with E-state index in [4.69, 9.17) is 4.55 Å². The Morgan fingerprint density at radius 2 is 1.36 bits per heavy atom. The van der Waals surface area contributed by atoms with Gasteiger partial charge in [0, 0.05) is 0 Å². The molecule has 0 aliphatic rings. The van der Waals surface area contributed by atoms with Crippen molar-refractivity contribution in [1.29, 1.82) is 0 Å².